The van der Waals surface area contributed by atoms with Gasteiger partial charge in [-0.1, -0.05) is 29.8 Å². The van der Waals surface area contributed by atoms with E-state index < -0.39 is 11.6 Å². The van der Waals surface area contributed by atoms with Gasteiger partial charge in [0.05, 0.1) is 6.07 Å². The molecule has 2 N–H and O–H groups in total. The molecule has 1 saturated carbocycles. The number of carbonyl (C=O) groups excluding carboxylic acids is 2. The van der Waals surface area contributed by atoms with E-state index in [0.717, 1.165) is 20.8 Å². The third-order valence-electron chi connectivity index (χ3n) is 5.35. The summed E-state index contributed by atoms with van der Waals surface area (Å²) in [6.07, 6.45) is 1.78. The normalized spacial score (nSPS) is 15.7. The van der Waals surface area contributed by atoms with Crippen molar-refractivity contribution in [3.63, 3.8) is 0 Å². The van der Waals surface area contributed by atoms with Gasteiger partial charge in [0.2, 0.25) is 5.91 Å². The lowest BCUT2D eigenvalue weighted by atomic mass is 10.0. The van der Waals surface area contributed by atoms with E-state index in [1.165, 1.54) is 0 Å². The number of carbonyl (C=O) groups is 2. The van der Waals surface area contributed by atoms with Gasteiger partial charge < -0.3 is 15.1 Å². The number of nitrogens with zero attached hydrogens (tertiary/aromatic N) is 1. The van der Waals surface area contributed by atoms with Gasteiger partial charge >= 0.3 is 0 Å². The van der Waals surface area contributed by atoms with Gasteiger partial charge in [0.15, 0.2) is 0 Å². The monoisotopic (exact) mass is 467 g/mol. The molecule has 0 bridgehead atoms. The number of hydrogen-bond donors (Lipinski definition) is 2. The van der Waals surface area contributed by atoms with Crippen LogP contribution in [0.4, 0.5) is 0 Å². The molecular weight excluding hydrogens is 446 g/mol. The maximum atomic E-state index is 12.9. The first-order valence-electron chi connectivity index (χ1n) is 9.96. The van der Waals surface area contributed by atoms with Gasteiger partial charge in [0, 0.05) is 20.8 Å². The molecule has 0 spiro atoms. The van der Waals surface area contributed by atoms with Crippen molar-refractivity contribution < 1.29 is 14.0 Å². The first-order chi connectivity index (χ1) is 14.3. The number of nitrogens with one attached hydrogen (secondary N) is 2. The van der Waals surface area contributed by atoms with Crippen LogP contribution in [0.1, 0.15) is 43.5 Å². The van der Waals surface area contributed by atoms with E-state index in [0.29, 0.717) is 30.4 Å². The molecule has 1 aliphatic rings. The molecule has 0 radical (unpaired) electrons. The van der Waals surface area contributed by atoms with Gasteiger partial charge in [-0.05, 0) is 61.6 Å². The van der Waals surface area contributed by atoms with Crippen LogP contribution in [0.2, 0.25) is 0 Å². The summed E-state index contributed by atoms with van der Waals surface area (Å²) >= 11 is 3.47. The predicted molar refractivity (Wildman–Crippen MR) is 118 cm³/mol. The first kappa shape index (κ1) is 20.4. The minimum absolute atomic E-state index is 0.203. The topological polar surface area (TPSA) is 95.1 Å². The number of halogens is 1. The average Bonchev–Trinajstić information content (AvgIpc) is 3.39. The lowest BCUT2D eigenvalue weighted by molar-refractivity contribution is -0.123. The number of hydrogen-bond acceptors (Lipinski definition) is 4. The molecule has 1 fully saturated rings. The molecule has 154 valence electrons. The quantitative estimate of drug-likeness (QED) is 0.550. The maximum absolute atomic E-state index is 12.9. The average molecular weight is 468 g/mol. The van der Waals surface area contributed by atoms with Crippen LogP contribution in [-0.2, 0) is 4.79 Å². The molecule has 7 heteroatoms. The summed E-state index contributed by atoms with van der Waals surface area (Å²) in [5.41, 5.74) is 1.01. The van der Waals surface area contributed by atoms with Gasteiger partial charge in [-0.25, -0.2) is 0 Å². The van der Waals surface area contributed by atoms with Gasteiger partial charge in [-0.15, -0.1) is 0 Å². The van der Waals surface area contributed by atoms with E-state index >= 15 is 0 Å². The van der Waals surface area contributed by atoms with Crippen molar-refractivity contribution >= 4 is 49.7 Å². The Morgan fingerprint density at radius 1 is 1.17 bits per heavy atom. The molecule has 1 heterocycles. The molecule has 4 rings (SSSR count). The van der Waals surface area contributed by atoms with Crippen molar-refractivity contribution in [2.75, 3.05) is 0 Å². The summed E-state index contributed by atoms with van der Waals surface area (Å²) in [6, 6.07) is 12.5. The Morgan fingerprint density at radius 3 is 2.60 bits per heavy atom. The molecule has 1 aromatic heterocycles. The molecule has 2 aromatic carbocycles. The standard InChI is InChI=1S/C23H22BrN3O3/c1-13(2)9-18(22(29)27-23(12-25)7-8-23)26-21(28)14-3-5-16-17-11-15(24)4-6-19(17)30-20(16)10-14/h3-6,10-11,13,18H,7-9H2,1-2H3,(H,26,28)(H,27,29). The molecule has 0 aliphatic heterocycles. The summed E-state index contributed by atoms with van der Waals surface area (Å²) in [5.74, 6) is -0.457. The fraction of sp³-hybridized carbons (Fsp3) is 0.348. The summed E-state index contributed by atoms with van der Waals surface area (Å²) in [4.78, 5) is 25.6. The molecule has 1 aliphatic carbocycles. The van der Waals surface area contributed by atoms with Crippen LogP contribution in [0.25, 0.3) is 21.9 Å². The molecule has 0 saturated heterocycles. The molecule has 3 aromatic rings. The first-order valence-corrected chi connectivity index (χ1v) is 10.8. The van der Waals surface area contributed by atoms with Gasteiger partial charge in [-0.3, -0.25) is 9.59 Å². The fourth-order valence-corrected chi connectivity index (χ4v) is 3.91. The number of nitriles is 1. The van der Waals surface area contributed by atoms with E-state index in [2.05, 4.69) is 32.6 Å². The van der Waals surface area contributed by atoms with Crippen molar-refractivity contribution in [1.82, 2.24) is 10.6 Å². The second kappa shape index (κ2) is 7.77. The number of amides is 2. The second-order valence-electron chi connectivity index (χ2n) is 8.29. The minimum Gasteiger partial charge on any atom is -0.456 e. The van der Waals surface area contributed by atoms with E-state index in [-0.39, 0.29) is 17.7 Å². The zero-order valence-electron chi connectivity index (χ0n) is 16.8. The van der Waals surface area contributed by atoms with Crippen molar-refractivity contribution in [1.29, 1.82) is 5.26 Å². The Balaban J connectivity index is 1.57. The summed E-state index contributed by atoms with van der Waals surface area (Å²) in [6.45, 7) is 3.98. The van der Waals surface area contributed by atoms with Crippen molar-refractivity contribution in [3.8, 4) is 6.07 Å². The van der Waals surface area contributed by atoms with Crippen molar-refractivity contribution in [3.05, 3.63) is 46.4 Å². The van der Waals surface area contributed by atoms with Crippen molar-refractivity contribution in [2.24, 2.45) is 5.92 Å². The van der Waals surface area contributed by atoms with Gasteiger partial charge in [0.1, 0.15) is 22.7 Å². The van der Waals surface area contributed by atoms with E-state index in [1.807, 2.05) is 38.1 Å². The van der Waals surface area contributed by atoms with Crippen LogP contribution in [0.3, 0.4) is 0 Å². The predicted octanol–water partition coefficient (Wildman–Crippen LogP) is 4.67. The van der Waals surface area contributed by atoms with E-state index in [1.54, 1.807) is 12.1 Å². The summed E-state index contributed by atoms with van der Waals surface area (Å²) in [7, 11) is 0. The third kappa shape index (κ3) is 4.05. The minimum atomic E-state index is -0.765. The molecular formula is C23H22BrN3O3. The number of rotatable bonds is 6. The third-order valence-corrected chi connectivity index (χ3v) is 5.84. The molecule has 6 nitrogen and oxygen atoms in total. The highest BCUT2D eigenvalue weighted by atomic mass is 79.9. The Bertz CT molecular complexity index is 1190. The Hall–Kier alpha value is -2.85. The summed E-state index contributed by atoms with van der Waals surface area (Å²) < 4.78 is 6.84. The Labute approximate surface area is 182 Å². The van der Waals surface area contributed by atoms with Gasteiger partial charge in [-0.2, -0.15) is 5.26 Å². The lowest BCUT2D eigenvalue weighted by Crippen LogP contribution is -2.50. The smallest absolute Gasteiger partial charge is 0.252 e. The number of furan rings is 1. The molecule has 30 heavy (non-hydrogen) atoms. The van der Waals surface area contributed by atoms with Crippen LogP contribution in [0.15, 0.2) is 45.3 Å². The van der Waals surface area contributed by atoms with E-state index in [9.17, 15) is 14.9 Å². The SMILES string of the molecule is CC(C)CC(NC(=O)c1ccc2c(c1)oc1ccc(Br)cc12)C(=O)NC1(C#N)CC1. The van der Waals surface area contributed by atoms with E-state index in [4.69, 9.17) is 4.42 Å². The molecule has 2 amide bonds. The zero-order valence-corrected chi connectivity index (χ0v) is 18.4. The highest BCUT2D eigenvalue weighted by molar-refractivity contribution is 9.10. The fourth-order valence-electron chi connectivity index (χ4n) is 3.55. The van der Waals surface area contributed by atoms with Crippen molar-refractivity contribution in [2.45, 2.75) is 44.7 Å². The van der Waals surface area contributed by atoms with Gasteiger partial charge in [0.25, 0.3) is 5.91 Å². The number of benzene rings is 2. The van der Waals surface area contributed by atoms with Crippen LogP contribution in [0.5, 0.6) is 0 Å². The zero-order chi connectivity index (χ0) is 21.5. The highest BCUT2D eigenvalue weighted by Gasteiger charge is 2.45. The molecule has 1 atom stereocenters. The highest BCUT2D eigenvalue weighted by Crippen LogP contribution is 2.34. The van der Waals surface area contributed by atoms with Crippen LogP contribution >= 0.6 is 15.9 Å². The van der Waals surface area contributed by atoms with Crippen LogP contribution in [-0.4, -0.2) is 23.4 Å². The number of fused-ring (bicyclic) bond motifs is 3. The Morgan fingerprint density at radius 2 is 1.93 bits per heavy atom. The van der Waals surface area contributed by atoms with Crippen LogP contribution < -0.4 is 10.6 Å². The second-order valence-corrected chi connectivity index (χ2v) is 9.21. The lowest BCUT2D eigenvalue weighted by Gasteiger charge is -2.21. The summed E-state index contributed by atoms with van der Waals surface area (Å²) in [5, 5.41) is 16.8. The Kier molecular flexibility index (Phi) is 5.29. The molecule has 1 unspecified atom stereocenters. The van der Waals surface area contributed by atoms with Crippen LogP contribution in [0, 0.1) is 17.2 Å². The largest absolute Gasteiger partial charge is 0.456 e. The maximum Gasteiger partial charge on any atom is 0.252 e.